The zero-order valence-corrected chi connectivity index (χ0v) is 18.8. The first-order chi connectivity index (χ1) is 15.5. The molecule has 0 spiro atoms. The fourth-order valence-corrected chi connectivity index (χ4v) is 4.68. The Kier molecular flexibility index (Phi) is 5.35. The molecule has 32 heavy (non-hydrogen) atoms. The van der Waals surface area contributed by atoms with Crippen molar-refractivity contribution in [3.8, 4) is 5.75 Å². The predicted molar refractivity (Wildman–Crippen MR) is 128 cm³/mol. The van der Waals surface area contributed by atoms with Crippen LogP contribution in [0.15, 0.2) is 66.7 Å². The van der Waals surface area contributed by atoms with Crippen LogP contribution in [0.2, 0.25) is 5.02 Å². The van der Waals surface area contributed by atoms with Gasteiger partial charge in [-0.1, -0.05) is 48.0 Å². The molecular weight excluding hydrogens is 422 g/mol. The summed E-state index contributed by atoms with van der Waals surface area (Å²) in [5, 5.41) is 0.573. The Bertz CT molecular complexity index is 1310. The first kappa shape index (κ1) is 20.6. The number of anilines is 1. The van der Waals surface area contributed by atoms with Gasteiger partial charge in [-0.3, -0.25) is 4.79 Å². The van der Waals surface area contributed by atoms with Gasteiger partial charge >= 0.3 is 0 Å². The van der Waals surface area contributed by atoms with Crippen LogP contribution in [0.4, 0.5) is 5.69 Å². The highest BCUT2D eigenvalue weighted by Crippen LogP contribution is 2.38. The highest BCUT2D eigenvalue weighted by molar-refractivity contribution is 6.31. The van der Waals surface area contributed by atoms with Crippen LogP contribution in [0.5, 0.6) is 5.75 Å². The van der Waals surface area contributed by atoms with Gasteiger partial charge in [0.2, 0.25) is 5.91 Å². The minimum absolute atomic E-state index is 0.0254. The summed E-state index contributed by atoms with van der Waals surface area (Å²) in [4.78, 5) is 19.8. The Labute approximate surface area is 192 Å². The van der Waals surface area contributed by atoms with Gasteiger partial charge in [-0.25, -0.2) is 4.98 Å². The molecule has 1 aliphatic heterocycles. The molecule has 1 aromatic heterocycles. The van der Waals surface area contributed by atoms with Gasteiger partial charge in [0, 0.05) is 30.5 Å². The first-order valence-corrected chi connectivity index (χ1v) is 11.1. The van der Waals surface area contributed by atoms with Crippen molar-refractivity contribution >= 4 is 34.2 Å². The smallest absolute Gasteiger partial charge is 0.227 e. The average Bonchev–Trinajstić information content (AvgIpc) is 3.36. The highest BCUT2D eigenvalue weighted by atomic mass is 35.5. The molecule has 3 aromatic carbocycles. The van der Waals surface area contributed by atoms with Crippen LogP contribution < -0.4 is 9.64 Å². The van der Waals surface area contributed by atoms with E-state index in [1.54, 1.807) is 30.2 Å². The molecular formula is C26H24ClN3O2. The summed E-state index contributed by atoms with van der Waals surface area (Å²) in [7, 11) is 1.60. The summed E-state index contributed by atoms with van der Waals surface area (Å²) in [6, 6.07) is 21.9. The van der Waals surface area contributed by atoms with Crippen molar-refractivity contribution in [2.75, 3.05) is 18.6 Å². The maximum atomic E-state index is 13.1. The van der Waals surface area contributed by atoms with Crippen LogP contribution in [0.1, 0.15) is 29.3 Å². The van der Waals surface area contributed by atoms with E-state index in [1.165, 1.54) is 11.1 Å². The molecule has 0 saturated carbocycles. The van der Waals surface area contributed by atoms with E-state index in [0.717, 1.165) is 16.9 Å². The van der Waals surface area contributed by atoms with Gasteiger partial charge in [-0.05, 0) is 48.4 Å². The van der Waals surface area contributed by atoms with E-state index in [9.17, 15) is 4.79 Å². The summed E-state index contributed by atoms with van der Waals surface area (Å²) in [6.07, 6.45) is 0.396. The van der Waals surface area contributed by atoms with Crippen LogP contribution in [-0.4, -0.2) is 29.1 Å². The number of carbonyl (C=O) groups excluding carboxylic acids is 1. The number of aromatic nitrogens is 2. The van der Waals surface area contributed by atoms with Gasteiger partial charge in [0.25, 0.3) is 0 Å². The molecule has 1 fully saturated rings. The molecule has 1 atom stereocenters. The minimum atomic E-state index is -0.0254. The molecule has 0 unspecified atom stereocenters. The number of amides is 1. The number of rotatable bonds is 5. The van der Waals surface area contributed by atoms with E-state index < -0.39 is 0 Å². The van der Waals surface area contributed by atoms with Crippen molar-refractivity contribution < 1.29 is 9.53 Å². The maximum Gasteiger partial charge on any atom is 0.227 e. The second kappa shape index (κ2) is 8.32. The number of methoxy groups -OCH3 is 1. The van der Waals surface area contributed by atoms with E-state index >= 15 is 0 Å². The van der Waals surface area contributed by atoms with Crippen LogP contribution in [0, 0.1) is 6.92 Å². The summed E-state index contributed by atoms with van der Waals surface area (Å²) in [5.41, 5.74) is 5.21. The van der Waals surface area contributed by atoms with Gasteiger partial charge in [0.1, 0.15) is 11.6 Å². The Balaban J connectivity index is 1.55. The first-order valence-electron chi connectivity index (χ1n) is 10.7. The van der Waals surface area contributed by atoms with Gasteiger partial charge in [0.05, 0.1) is 23.8 Å². The minimum Gasteiger partial charge on any atom is -0.495 e. The van der Waals surface area contributed by atoms with E-state index in [4.69, 9.17) is 21.3 Å². The Hall–Kier alpha value is -3.31. The van der Waals surface area contributed by atoms with Crippen molar-refractivity contribution in [2.24, 2.45) is 0 Å². The molecule has 1 aliphatic rings. The number of halogens is 1. The Morgan fingerprint density at radius 3 is 2.69 bits per heavy atom. The van der Waals surface area contributed by atoms with Crippen LogP contribution in [-0.2, 0) is 11.3 Å². The second-order valence-corrected chi connectivity index (χ2v) is 8.63. The monoisotopic (exact) mass is 445 g/mol. The zero-order valence-electron chi connectivity index (χ0n) is 18.1. The lowest BCUT2D eigenvalue weighted by Gasteiger charge is -2.20. The van der Waals surface area contributed by atoms with Crippen molar-refractivity contribution in [2.45, 2.75) is 25.8 Å². The number of carbonyl (C=O) groups is 1. The largest absolute Gasteiger partial charge is 0.495 e. The molecule has 5 rings (SSSR count). The van der Waals surface area contributed by atoms with Crippen molar-refractivity contribution in [1.82, 2.24) is 9.55 Å². The number of fused-ring (bicyclic) bond motifs is 1. The molecule has 0 aliphatic carbocycles. The number of aryl methyl sites for hydroxylation is 1. The summed E-state index contributed by atoms with van der Waals surface area (Å²) in [6.45, 7) is 3.38. The van der Waals surface area contributed by atoms with Crippen LogP contribution in [0.25, 0.3) is 11.0 Å². The summed E-state index contributed by atoms with van der Waals surface area (Å²) in [5.74, 6) is 1.59. The number of nitrogens with zero attached hydrogens (tertiary/aromatic N) is 3. The lowest BCUT2D eigenvalue weighted by atomic mass is 10.1. The van der Waals surface area contributed by atoms with Crippen molar-refractivity contribution in [3.63, 3.8) is 0 Å². The van der Waals surface area contributed by atoms with E-state index in [1.807, 2.05) is 18.2 Å². The third kappa shape index (κ3) is 3.63. The predicted octanol–water partition coefficient (Wildman–Crippen LogP) is 5.58. The maximum absolute atomic E-state index is 13.1. The number of ether oxygens (including phenoxy) is 1. The average molecular weight is 446 g/mol. The topological polar surface area (TPSA) is 47.4 Å². The fraction of sp³-hybridized carbons (Fsp3) is 0.231. The molecule has 6 heteroatoms. The molecule has 4 aromatic rings. The SMILES string of the molecule is COc1ccc(Cl)cc1N1C[C@H](c2nc3ccccc3n2Cc2ccccc2C)CC1=O. The van der Waals surface area contributed by atoms with E-state index in [0.29, 0.717) is 36.0 Å². The summed E-state index contributed by atoms with van der Waals surface area (Å²) >= 11 is 6.23. The molecule has 1 saturated heterocycles. The Morgan fingerprint density at radius 2 is 1.88 bits per heavy atom. The van der Waals surface area contributed by atoms with Gasteiger partial charge in [0.15, 0.2) is 0 Å². The third-order valence-electron chi connectivity index (χ3n) is 6.20. The normalized spacial score (nSPS) is 16.2. The zero-order chi connectivity index (χ0) is 22.2. The highest BCUT2D eigenvalue weighted by Gasteiger charge is 2.36. The fourth-order valence-electron chi connectivity index (χ4n) is 4.52. The number of hydrogen-bond donors (Lipinski definition) is 0. The Morgan fingerprint density at radius 1 is 1.09 bits per heavy atom. The van der Waals surface area contributed by atoms with Crippen LogP contribution >= 0.6 is 11.6 Å². The third-order valence-corrected chi connectivity index (χ3v) is 6.43. The lowest BCUT2D eigenvalue weighted by Crippen LogP contribution is -2.25. The number of para-hydroxylation sites is 2. The van der Waals surface area contributed by atoms with E-state index in [-0.39, 0.29) is 11.8 Å². The molecule has 162 valence electrons. The molecule has 1 amide bonds. The van der Waals surface area contributed by atoms with Crippen molar-refractivity contribution in [1.29, 1.82) is 0 Å². The van der Waals surface area contributed by atoms with Gasteiger partial charge < -0.3 is 14.2 Å². The molecule has 0 bridgehead atoms. The molecule has 0 N–H and O–H groups in total. The molecule has 5 nitrogen and oxygen atoms in total. The second-order valence-electron chi connectivity index (χ2n) is 8.19. The number of benzene rings is 3. The van der Waals surface area contributed by atoms with Crippen molar-refractivity contribution in [3.05, 3.63) is 88.7 Å². The number of hydrogen-bond acceptors (Lipinski definition) is 3. The van der Waals surface area contributed by atoms with Crippen LogP contribution in [0.3, 0.4) is 0 Å². The van der Waals surface area contributed by atoms with Gasteiger partial charge in [-0.2, -0.15) is 0 Å². The van der Waals surface area contributed by atoms with E-state index in [2.05, 4.69) is 41.8 Å². The quantitative estimate of drug-likeness (QED) is 0.403. The summed E-state index contributed by atoms with van der Waals surface area (Å²) < 4.78 is 7.75. The lowest BCUT2D eigenvalue weighted by molar-refractivity contribution is -0.117. The molecule has 2 heterocycles. The molecule has 0 radical (unpaired) electrons. The number of imidazole rings is 1. The standard InChI is InChI=1S/C26H24ClN3O2/c1-17-7-3-4-8-18(17)15-30-22-10-6-5-9-21(22)28-26(30)19-13-25(31)29(16-19)23-14-20(27)11-12-24(23)32-2/h3-12,14,19H,13,15-16H2,1-2H3/t19-/m1/s1. The van der Waals surface area contributed by atoms with Gasteiger partial charge in [-0.15, -0.1) is 0 Å².